The molecule has 0 unspecified atom stereocenters. The third kappa shape index (κ3) is 4.35. The highest BCUT2D eigenvalue weighted by Gasteiger charge is 2.31. The monoisotopic (exact) mass is 512 g/mol. The molecule has 0 fully saturated rings. The van der Waals surface area contributed by atoms with Gasteiger partial charge in [0.15, 0.2) is 0 Å². The van der Waals surface area contributed by atoms with Gasteiger partial charge in [-0.3, -0.25) is 9.78 Å². The normalized spacial score (nSPS) is 17.1. The Kier molecular flexibility index (Phi) is 6.73. The van der Waals surface area contributed by atoms with E-state index in [0.29, 0.717) is 6.42 Å². The zero-order chi connectivity index (χ0) is 27.3. The highest BCUT2D eigenvalue weighted by Crippen LogP contribution is 2.42. The predicted molar refractivity (Wildman–Crippen MR) is 152 cm³/mol. The molecule has 198 valence electrons. The lowest BCUT2D eigenvalue weighted by Crippen LogP contribution is -2.07. The number of aromatic amines is 2. The molecule has 0 saturated carbocycles. The van der Waals surface area contributed by atoms with Gasteiger partial charge >= 0.3 is 5.97 Å². The quantitative estimate of drug-likeness (QED) is 0.307. The van der Waals surface area contributed by atoms with Crippen molar-refractivity contribution in [3.05, 3.63) is 68.8 Å². The van der Waals surface area contributed by atoms with E-state index in [1.54, 1.807) is 0 Å². The summed E-state index contributed by atoms with van der Waals surface area (Å²) in [4.78, 5) is 28.7. The van der Waals surface area contributed by atoms with E-state index in [1.807, 2.05) is 13.8 Å². The average molecular weight is 513 g/mol. The van der Waals surface area contributed by atoms with E-state index in [2.05, 4.69) is 61.9 Å². The average Bonchev–Trinajstić information content (AvgIpc) is 3.57. The zero-order valence-corrected chi connectivity index (χ0v) is 23.0. The molecule has 0 saturated heterocycles. The van der Waals surface area contributed by atoms with Crippen LogP contribution in [0.4, 0.5) is 0 Å². The van der Waals surface area contributed by atoms with Gasteiger partial charge in [-0.2, -0.15) is 0 Å². The third-order valence-electron chi connectivity index (χ3n) is 8.38. The molecule has 2 aliphatic heterocycles. The number of allylic oxidation sites excluding steroid dienone is 1. The van der Waals surface area contributed by atoms with Gasteiger partial charge in [0.2, 0.25) is 0 Å². The Morgan fingerprint density at radius 2 is 1.58 bits per heavy atom. The number of hydrogen-bond acceptors (Lipinski definition) is 4. The molecule has 3 aromatic heterocycles. The second-order valence-electron chi connectivity index (χ2n) is 10.6. The fraction of sp³-hybridized carbons (Fsp3) is 0.387. The molecule has 7 heteroatoms. The number of carboxylic acid groups (broad SMARTS) is 1. The smallest absolute Gasteiger partial charge is 0.303 e. The summed E-state index contributed by atoms with van der Waals surface area (Å²) in [5.74, 6) is -0.773. The molecular formula is C31H36N4O3. The number of aromatic nitrogens is 4. The van der Waals surface area contributed by atoms with Crippen LogP contribution < -0.4 is 0 Å². The van der Waals surface area contributed by atoms with Crippen molar-refractivity contribution in [1.29, 1.82) is 0 Å². The maximum absolute atomic E-state index is 11.5. The summed E-state index contributed by atoms with van der Waals surface area (Å²) in [6, 6.07) is 6.25. The highest BCUT2D eigenvalue weighted by atomic mass is 16.4. The number of aryl methyl sites for hydroxylation is 3. The molecule has 3 aromatic rings. The maximum Gasteiger partial charge on any atom is 0.303 e. The van der Waals surface area contributed by atoms with Crippen molar-refractivity contribution in [2.45, 2.75) is 79.2 Å². The van der Waals surface area contributed by atoms with Gasteiger partial charge in [0.05, 0.1) is 18.0 Å². The van der Waals surface area contributed by atoms with E-state index >= 15 is 0 Å². The summed E-state index contributed by atoms with van der Waals surface area (Å²) in [6.45, 7) is 12.5. The van der Waals surface area contributed by atoms with E-state index < -0.39 is 5.97 Å². The fourth-order valence-electron chi connectivity index (χ4n) is 5.94. The number of fused-ring (bicyclic) bond motifs is 8. The molecule has 2 atom stereocenters. The number of carbonyl (C=O) groups is 1. The number of H-pyrrole nitrogens is 2. The first kappa shape index (κ1) is 25.9. The Balaban J connectivity index is 1.92. The summed E-state index contributed by atoms with van der Waals surface area (Å²) in [6.07, 6.45) is 3.58. The van der Waals surface area contributed by atoms with Crippen LogP contribution in [0, 0.1) is 20.8 Å². The van der Waals surface area contributed by atoms with Crippen molar-refractivity contribution in [1.82, 2.24) is 19.9 Å². The van der Waals surface area contributed by atoms with E-state index in [0.717, 1.165) is 73.5 Å². The molecule has 4 N–H and O–H groups in total. The van der Waals surface area contributed by atoms with Crippen LogP contribution >= 0.6 is 0 Å². The summed E-state index contributed by atoms with van der Waals surface area (Å²) < 4.78 is 0. The standard InChI is InChI=1S/C31H36N4O3/c1-7-20-16(3)26-13-29-22(14-36)18(5)25(34-29)12-27-17(4)21(8-9-30(37)38)31(35-27)19(6)24-10-15(2)23(32-24)11-28(20)33-26/h10-13,17,21,33-34,36H,7-9,14H2,1-6H3,(H,37,38)/t17-,21-/m0/s1. The molecule has 38 heavy (non-hydrogen) atoms. The number of rotatable bonds is 5. The van der Waals surface area contributed by atoms with Crippen molar-refractivity contribution in [3.8, 4) is 0 Å². The van der Waals surface area contributed by atoms with Crippen LogP contribution in [0.15, 0.2) is 18.2 Å². The molecule has 8 bridgehead atoms. The molecule has 5 heterocycles. The van der Waals surface area contributed by atoms with Crippen LogP contribution in [0.2, 0.25) is 0 Å². The van der Waals surface area contributed by atoms with Crippen molar-refractivity contribution in [2.24, 2.45) is 0 Å². The molecule has 0 spiro atoms. The minimum absolute atomic E-state index is 0.0176. The topological polar surface area (TPSA) is 115 Å². The van der Waals surface area contributed by atoms with Gasteiger partial charge < -0.3 is 20.2 Å². The summed E-state index contributed by atoms with van der Waals surface area (Å²) in [5, 5.41) is 19.7. The summed E-state index contributed by atoms with van der Waals surface area (Å²) in [5.41, 5.74) is 13.8. The van der Waals surface area contributed by atoms with Crippen LogP contribution in [0.25, 0.3) is 33.7 Å². The Morgan fingerprint density at radius 3 is 2.24 bits per heavy atom. The van der Waals surface area contributed by atoms with Crippen LogP contribution in [-0.2, 0) is 17.8 Å². The fourth-order valence-corrected chi connectivity index (χ4v) is 5.94. The number of hydrogen-bond donors (Lipinski definition) is 4. The SMILES string of the molecule is CCc1c(C)c2cc3[nH]c(cc4nc(c(C)c5nc(cc1[nH]2)C(C)=C5)[C@@H](CCC(=O)O)[C@@H]4C)c(C)c3CO. The Hall–Kier alpha value is -3.71. The molecule has 2 aliphatic rings. The van der Waals surface area contributed by atoms with Gasteiger partial charge in [-0.05, 0) is 92.6 Å². The maximum atomic E-state index is 11.5. The van der Waals surface area contributed by atoms with Crippen molar-refractivity contribution < 1.29 is 15.0 Å². The molecule has 0 amide bonds. The van der Waals surface area contributed by atoms with Crippen LogP contribution in [0.1, 0.15) is 96.0 Å². The van der Waals surface area contributed by atoms with E-state index in [-0.39, 0.29) is 24.9 Å². The predicted octanol–water partition coefficient (Wildman–Crippen LogP) is 6.61. The lowest BCUT2D eigenvalue weighted by molar-refractivity contribution is -0.137. The van der Waals surface area contributed by atoms with Crippen molar-refractivity contribution in [3.63, 3.8) is 0 Å². The van der Waals surface area contributed by atoms with Gasteiger partial charge in [-0.15, -0.1) is 0 Å². The van der Waals surface area contributed by atoms with Gasteiger partial charge in [-0.1, -0.05) is 13.8 Å². The third-order valence-corrected chi connectivity index (χ3v) is 8.38. The number of carboxylic acids is 1. The molecule has 5 rings (SSSR count). The molecule has 0 aromatic carbocycles. The first-order valence-electron chi connectivity index (χ1n) is 13.4. The number of aliphatic hydroxyl groups excluding tert-OH is 1. The summed E-state index contributed by atoms with van der Waals surface area (Å²) >= 11 is 0. The number of nitrogens with one attached hydrogen (secondary N) is 2. The minimum Gasteiger partial charge on any atom is -0.481 e. The molecular weight excluding hydrogens is 476 g/mol. The van der Waals surface area contributed by atoms with Gasteiger partial charge in [0.25, 0.3) is 0 Å². The second-order valence-corrected chi connectivity index (χ2v) is 10.6. The van der Waals surface area contributed by atoms with E-state index in [9.17, 15) is 15.0 Å². The second kappa shape index (κ2) is 9.87. The molecule has 0 aliphatic carbocycles. The number of nitrogens with zero attached hydrogens (tertiary/aromatic N) is 2. The van der Waals surface area contributed by atoms with Gasteiger partial charge in [0.1, 0.15) is 0 Å². The van der Waals surface area contributed by atoms with Crippen LogP contribution in [0.3, 0.4) is 0 Å². The number of aliphatic carboxylic acids is 1. The van der Waals surface area contributed by atoms with Crippen molar-refractivity contribution in [2.75, 3.05) is 0 Å². The van der Waals surface area contributed by atoms with E-state index in [4.69, 9.17) is 9.97 Å². The summed E-state index contributed by atoms with van der Waals surface area (Å²) in [7, 11) is 0. The van der Waals surface area contributed by atoms with Crippen molar-refractivity contribution >= 4 is 39.7 Å². The van der Waals surface area contributed by atoms with E-state index in [1.165, 1.54) is 11.1 Å². The molecule has 0 radical (unpaired) electrons. The molecule has 7 nitrogen and oxygen atoms in total. The minimum atomic E-state index is -0.802. The zero-order valence-electron chi connectivity index (χ0n) is 23.0. The van der Waals surface area contributed by atoms with Crippen LogP contribution in [-0.4, -0.2) is 36.1 Å². The van der Waals surface area contributed by atoms with Gasteiger partial charge in [0, 0.05) is 57.3 Å². The Morgan fingerprint density at radius 1 is 0.921 bits per heavy atom. The Bertz CT molecular complexity index is 1640. The first-order valence-corrected chi connectivity index (χ1v) is 13.4. The Labute approximate surface area is 222 Å². The largest absolute Gasteiger partial charge is 0.481 e. The highest BCUT2D eigenvalue weighted by molar-refractivity contribution is 5.85. The lowest BCUT2D eigenvalue weighted by atomic mass is 9.86. The first-order chi connectivity index (χ1) is 18.1. The lowest BCUT2D eigenvalue weighted by Gasteiger charge is -2.16. The van der Waals surface area contributed by atoms with Crippen LogP contribution in [0.5, 0.6) is 0 Å². The number of aliphatic hydroxyl groups is 1. The van der Waals surface area contributed by atoms with Gasteiger partial charge in [-0.25, -0.2) is 4.98 Å².